The van der Waals surface area contributed by atoms with E-state index in [2.05, 4.69) is 59.8 Å². The zero-order valence-electron chi connectivity index (χ0n) is 20.9. The normalized spacial score (nSPS) is 14.6. The first-order valence-electron chi connectivity index (χ1n) is 12.6. The summed E-state index contributed by atoms with van der Waals surface area (Å²) < 4.78 is 1.06. The van der Waals surface area contributed by atoms with Gasteiger partial charge in [-0.2, -0.15) is 0 Å². The van der Waals surface area contributed by atoms with Crippen LogP contribution in [0.15, 0.2) is 48.2 Å². The topological polar surface area (TPSA) is 98.3 Å². The number of anilines is 3. The summed E-state index contributed by atoms with van der Waals surface area (Å²) in [6.45, 7) is 9.66. The fourth-order valence-corrected chi connectivity index (χ4v) is 6.00. The van der Waals surface area contributed by atoms with Crippen LogP contribution in [0, 0.1) is 0 Å². The molecule has 4 aromatic rings. The lowest BCUT2D eigenvalue weighted by Gasteiger charge is -2.34. The Morgan fingerprint density at radius 2 is 1.89 bits per heavy atom. The Bertz CT molecular complexity index is 1310. The molecule has 9 nitrogen and oxygen atoms in total. The summed E-state index contributed by atoms with van der Waals surface area (Å²) in [5.41, 5.74) is 2.97. The van der Waals surface area contributed by atoms with Crippen molar-refractivity contribution in [1.82, 2.24) is 24.8 Å². The second kappa shape index (κ2) is 12.4. The van der Waals surface area contributed by atoms with Gasteiger partial charge in [0.05, 0.1) is 10.2 Å². The van der Waals surface area contributed by atoms with Crippen molar-refractivity contribution < 1.29 is 4.79 Å². The Balaban J connectivity index is 1.06. The summed E-state index contributed by atoms with van der Waals surface area (Å²) in [6, 6.07) is 9.80. The van der Waals surface area contributed by atoms with E-state index >= 15 is 0 Å². The molecular formula is C26H32N8OS2. The summed E-state index contributed by atoms with van der Waals surface area (Å²) >= 11 is 3.11. The van der Waals surface area contributed by atoms with E-state index in [1.54, 1.807) is 17.7 Å². The molecule has 11 heteroatoms. The maximum absolute atomic E-state index is 12.6. The number of aromatic nitrogens is 3. The molecule has 1 fully saturated rings. The lowest BCUT2D eigenvalue weighted by atomic mass is 10.1. The van der Waals surface area contributed by atoms with Crippen molar-refractivity contribution in [1.29, 1.82) is 0 Å². The van der Waals surface area contributed by atoms with Gasteiger partial charge in [-0.1, -0.05) is 19.1 Å². The van der Waals surface area contributed by atoms with E-state index in [9.17, 15) is 4.79 Å². The van der Waals surface area contributed by atoms with Gasteiger partial charge < -0.3 is 20.4 Å². The first-order valence-corrected chi connectivity index (χ1v) is 14.3. The molecule has 0 atom stereocenters. The van der Waals surface area contributed by atoms with E-state index < -0.39 is 0 Å². The number of amides is 2. The third-order valence-corrected chi connectivity index (χ3v) is 8.38. The number of thiophene rings is 1. The predicted octanol–water partition coefficient (Wildman–Crippen LogP) is 4.63. The summed E-state index contributed by atoms with van der Waals surface area (Å²) in [6.07, 6.45) is 5.15. The molecule has 0 aliphatic carbocycles. The fourth-order valence-electron chi connectivity index (χ4n) is 4.38. The molecule has 3 aromatic heterocycles. The van der Waals surface area contributed by atoms with E-state index in [0.29, 0.717) is 5.13 Å². The Hall–Kier alpha value is -3.12. The Morgan fingerprint density at radius 1 is 1.03 bits per heavy atom. The molecule has 1 aliphatic rings. The third-order valence-electron chi connectivity index (χ3n) is 6.49. The van der Waals surface area contributed by atoms with Gasteiger partial charge in [0, 0.05) is 62.5 Å². The zero-order chi connectivity index (χ0) is 25.5. The Kier molecular flexibility index (Phi) is 8.57. The van der Waals surface area contributed by atoms with E-state index in [1.165, 1.54) is 16.9 Å². The van der Waals surface area contributed by atoms with Crippen molar-refractivity contribution in [3.63, 3.8) is 0 Å². The lowest BCUT2D eigenvalue weighted by Crippen LogP contribution is -2.46. The number of carbonyl (C=O) groups excluding carboxylic acids is 1. The maximum Gasteiger partial charge on any atom is 0.325 e. The maximum atomic E-state index is 12.6. The number of benzene rings is 1. The van der Waals surface area contributed by atoms with Crippen molar-refractivity contribution in [2.24, 2.45) is 0 Å². The number of rotatable bonds is 10. The van der Waals surface area contributed by atoms with Crippen molar-refractivity contribution in [2.45, 2.75) is 19.8 Å². The standard InChI is InChI=1S/C26H32N8OS2/c1-2-33-11-13-34(14-12-33)10-7-19-4-3-5-20(16-19)31-25(35)32-26-28-17-21(37-26)6-9-27-24-23-22(8-15-36-23)29-18-30-24/h3-5,8,15-18H,2,6-7,9-14H2,1H3,(H,27,29,30)(H2,28,31,32,35). The van der Waals surface area contributed by atoms with Gasteiger partial charge in [-0.05, 0) is 42.1 Å². The van der Waals surface area contributed by atoms with Crippen LogP contribution in [0.25, 0.3) is 10.2 Å². The molecule has 37 heavy (non-hydrogen) atoms. The summed E-state index contributed by atoms with van der Waals surface area (Å²) in [7, 11) is 0. The van der Waals surface area contributed by atoms with Gasteiger partial charge in [-0.15, -0.1) is 22.7 Å². The molecule has 3 N–H and O–H groups in total. The number of nitrogens with zero attached hydrogens (tertiary/aromatic N) is 5. The van der Waals surface area contributed by atoms with Crippen LogP contribution >= 0.6 is 22.7 Å². The Morgan fingerprint density at radius 3 is 2.76 bits per heavy atom. The SMILES string of the molecule is CCN1CCN(CCc2cccc(NC(=O)Nc3ncc(CCNc4ncnc5ccsc45)s3)c2)CC1. The molecule has 0 radical (unpaired) electrons. The molecule has 5 rings (SSSR count). The van der Waals surface area contributed by atoms with Crippen molar-refractivity contribution in [3.05, 3.63) is 58.7 Å². The average Bonchev–Trinajstić information content (AvgIpc) is 3.58. The number of hydrogen-bond donors (Lipinski definition) is 3. The van der Waals surface area contributed by atoms with Crippen LogP contribution in [0.4, 0.5) is 21.4 Å². The number of carbonyl (C=O) groups is 1. The van der Waals surface area contributed by atoms with Gasteiger partial charge in [0.15, 0.2) is 5.13 Å². The first kappa shape index (κ1) is 25.5. The molecule has 0 unspecified atom stereocenters. The summed E-state index contributed by atoms with van der Waals surface area (Å²) in [5.74, 6) is 0.850. The zero-order valence-corrected chi connectivity index (χ0v) is 22.6. The van der Waals surface area contributed by atoms with Gasteiger partial charge in [0.25, 0.3) is 0 Å². The van der Waals surface area contributed by atoms with E-state index in [1.807, 2.05) is 29.8 Å². The molecule has 4 heterocycles. The third kappa shape index (κ3) is 7.01. The molecule has 1 aromatic carbocycles. The number of urea groups is 1. The molecule has 2 amide bonds. The molecule has 194 valence electrons. The molecule has 0 saturated carbocycles. The highest BCUT2D eigenvalue weighted by Crippen LogP contribution is 2.25. The van der Waals surface area contributed by atoms with Gasteiger partial charge >= 0.3 is 6.03 Å². The van der Waals surface area contributed by atoms with Crippen molar-refractivity contribution >= 4 is 55.6 Å². The van der Waals surface area contributed by atoms with Crippen molar-refractivity contribution in [2.75, 3.05) is 61.8 Å². The minimum Gasteiger partial charge on any atom is -0.368 e. The predicted molar refractivity (Wildman–Crippen MR) is 153 cm³/mol. The van der Waals surface area contributed by atoms with Gasteiger partial charge in [0.2, 0.25) is 0 Å². The summed E-state index contributed by atoms with van der Waals surface area (Å²) in [5, 5.41) is 11.8. The number of hydrogen-bond acceptors (Lipinski definition) is 9. The van der Waals surface area contributed by atoms with Crippen LogP contribution in [0.3, 0.4) is 0 Å². The number of fused-ring (bicyclic) bond motifs is 1. The largest absolute Gasteiger partial charge is 0.368 e. The highest BCUT2D eigenvalue weighted by atomic mass is 32.1. The van der Waals surface area contributed by atoms with Crippen LogP contribution < -0.4 is 16.0 Å². The van der Waals surface area contributed by atoms with Crippen LogP contribution in [0.2, 0.25) is 0 Å². The minimum absolute atomic E-state index is 0.284. The van der Waals surface area contributed by atoms with Crippen LogP contribution in [-0.4, -0.2) is 76.6 Å². The molecule has 1 saturated heterocycles. The highest BCUT2D eigenvalue weighted by molar-refractivity contribution is 7.17. The number of nitrogens with one attached hydrogen (secondary N) is 3. The van der Waals surface area contributed by atoms with E-state index in [0.717, 1.165) is 85.3 Å². The second-order valence-electron chi connectivity index (χ2n) is 8.97. The van der Waals surface area contributed by atoms with Crippen molar-refractivity contribution in [3.8, 4) is 0 Å². The van der Waals surface area contributed by atoms with E-state index in [4.69, 9.17) is 0 Å². The highest BCUT2D eigenvalue weighted by Gasteiger charge is 2.15. The van der Waals surface area contributed by atoms with Gasteiger partial charge in [-0.25, -0.2) is 19.7 Å². The molecule has 0 bridgehead atoms. The number of piperazine rings is 1. The molecule has 0 spiro atoms. The van der Waals surface area contributed by atoms with Crippen LogP contribution in [0.5, 0.6) is 0 Å². The monoisotopic (exact) mass is 536 g/mol. The van der Waals surface area contributed by atoms with Gasteiger partial charge in [0.1, 0.15) is 12.1 Å². The quantitative estimate of drug-likeness (QED) is 0.272. The molecular weight excluding hydrogens is 504 g/mol. The smallest absolute Gasteiger partial charge is 0.325 e. The van der Waals surface area contributed by atoms with Crippen LogP contribution in [0.1, 0.15) is 17.4 Å². The Labute approximate surface area is 225 Å². The average molecular weight is 537 g/mol. The minimum atomic E-state index is -0.284. The first-order chi connectivity index (χ1) is 18.2. The van der Waals surface area contributed by atoms with Crippen LogP contribution in [-0.2, 0) is 12.8 Å². The molecule has 1 aliphatic heterocycles. The number of thiazole rings is 1. The summed E-state index contributed by atoms with van der Waals surface area (Å²) in [4.78, 5) is 31.6. The van der Waals surface area contributed by atoms with E-state index in [-0.39, 0.29) is 6.03 Å². The number of likely N-dealkylation sites (N-methyl/N-ethyl adjacent to an activating group) is 1. The second-order valence-corrected chi connectivity index (χ2v) is 11.0. The van der Waals surface area contributed by atoms with Gasteiger partial charge in [-0.3, -0.25) is 5.32 Å². The lowest BCUT2D eigenvalue weighted by molar-refractivity contribution is 0.138. The fraction of sp³-hybridized carbons (Fsp3) is 0.385.